The summed E-state index contributed by atoms with van der Waals surface area (Å²) in [7, 11) is 0. The molecule has 0 radical (unpaired) electrons. The van der Waals surface area contributed by atoms with Crippen molar-refractivity contribution in [3.05, 3.63) is 267 Å². The van der Waals surface area contributed by atoms with Crippen molar-refractivity contribution >= 4 is 21.8 Å². The Morgan fingerprint density at radius 1 is 0.284 bits per heavy atom. The molecule has 2 heterocycles. The van der Waals surface area contributed by atoms with E-state index in [1.807, 2.05) is 38.2 Å². The highest BCUT2D eigenvalue weighted by molar-refractivity contribution is 6.11. The van der Waals surface area contributed by atoms with Gasteiger partial charge < -0.3 is 4.57 Å². The Morgan fingerprint density at radius 2 is 0.642 bits per heavy atom. The van der Waals surface area contributed by atoms with Gasteiger partial charge in [-0.3, -0.25) is 0 Å². The monoisotopic (exact) mass is 858 g/mol. The summed E-state index contributed by atoms with van der Waals surface area (Å²) in [5.41, 5.74) is 19.3. The average Bonchev–Trinajstić information content (AvgIpc) is 3.74. The summed E-state index contributed by atoms with van der Waals surface area (Å²) in [6.07, 6.45) is 8.00. The number of allylic oxidation sites excluding steroid dienone is 4. The molecule has 67 heavy (non-hydrogen) atoms. The Morgan fingerprint density at radius 3 is 1.10 bits per heavy atom. The van der Waals surface area contributed by atoms with Crippen LogP contribution in [0.1, 0.15) is 13.8 Å². The molecular weight excluding hydrogens is 809 g/mol. The molecule has 0 spiro atoms. The van der Waals surface area contributed by atoms with Gasteiger partial charge in [-0.15, -0.1) is 0 Å². The molecule has 2 heteroatoms. The second kappa shape index (κ2) is 19.7. The lowest BCUT2D eigenvalue weighted by Gasteiger charge is -2.14. The van der Waals surface area contributed by atoms with Crippen LogP contribution in [0.4, 0.5) is 0 Å². The van der Waals surface area contributed by atoms with Gasteiger partial charge in [0.15, 0.2) is 0 Å². The van der Waals surface area contributed by atoms with E-state index in [1.54, 1.807) is 0 Å². The van der Waals surface area contributed by atoms with E-state index < -0.39 is 0 Å². The van der Waals surface area contributed by atoms with Crippen molar-refractivity contribution in [3.8, 4) is 83.8 Å². The molecule has 11 aromatic rings. The van der Waals surface area contributed by atoms with Crippen molar-refractivity contribution in [1.29, 1.82) is 0 Å². The first-order chi connectivity index (χ1) is 33.1. The van der Waals surface area contributed by atoms with Crippen molar-refractivity contribution in [1.82, 2.24) is 9.55 Å². The van der Waals surface area contributed by atoms with Crippen molar-refractivity contribution in [2.24, 2.45) is 0 Å². The predicted octanol–water partition coefficient (Wildman–Crippen LogP) is 18.0. The number of fused-ring (bicyclic) bond motifs is 3. The van der Waals surface area contributed by atoms with E-state index in [2.05, 4.69) is 247 Å². The third-order valence-corrected chi connectivity index (χ3v) is 12.3. The van der Waals surface area contributed by atoms with E-state index >= 15 is 0 Å². The van der Waals surface area contributed by atoms with Gasteiger partial charge in [0.1, 0.15) is 0 Å². The van der Waals surface area contributed by atoms with E-state index in [9.17, 15) is 0 Å². The van der Waals surface area contributed by atoms with Crippen molar-refractivity contribution in [2.45, 2.75) is 13.8 Å². The lowest BCUT2D eigenvalue weighted by molar-refractivity contribution is 1.18. The van der Waals surface area contributed by atoms with Crippen LogP contribution in [0.5, 0.6) is 0 Å². The summed E-state index contributed by atoms with van der Waals surface area (Å²) in [5.74, 6) is 0. The van der Waals surface area contributed by atoms with Crippen LogP contribution in [0.2, 0.25) is 0 Å². The molecule has 0 fully saturated rings. The molecule has 0 aliphatic rings. The van der Waals surface area contributed by atoms with Gasteiger partial charge in [0.05, 0.1) is 22.4 Å². The van der Waals surface area contributed by atoms with E-state index in [0.29, 0.717) is 0 Å². The van der Waals surface area contributed by atoms with Crippen molar-refractivity contribution in [2.75, 3.05) is 0 Å². The number of hydrogen-bond acceptors (Lipinski definition) is 1. The molecule has 2 aromatic heterocycles. The van der Waals surface area contributed by atoms with Gasteiger partial charge in [-0.05, 0) is 130 Å². The quantitative estimate of drug-likeness (QED) is 0.132. The maximum Gasteiger partial charge on any atom is 0.0716 e. The molecule has 0 atom stereocenters. The number of rotatable bonds is 9. The molecule has 0 unspecified atom stereocenters. The van der Waals surface area contributed by atoms with Gasteiger partial charge in [-0.25, -0.2) is 4.98 Å². The van der Waals surface area contributed by atoms with Gasteiger partial charge in [0, 0.05) is 27.6 Å². The smallest absolute Gasteiger partial charge is 0.0716 e. The Bertz CT molecular complexity index is 3400. The summed E-state index contributed by atoms with van der Waals surface area (Å²) in [4.78, 5) is 5.35. The molecule has 0 amide bonds. The lowest BCUT2D eigenvalue weighted by Crippen LogP contribution is -1.96. The molecule has 0 aliphatic heterocycles. The van der Waals surface area contributed by atoms with Crippen LogP contribution in [0.25, 0.3) is 106 Å². The first kappa shape index (κ1) is 42.4. The summed E-state index contributed by atoms with van der Waals surface area (Å²) < 4.78 is 2.41. The van der Waals surface area contributed by atoms with E-state index in [0.717, 1.165) is 50.4 Å². The lowest BCUT2D eigenvalue weighted by atomic mass is 9.95. The van der Waals surface area contributed by atoms with Crippen molar-refractivity contribution < 1.29 is 0 Å². The fourth-order valence-corrected chi connectivity index (χ4v) is 8.94. The van der Waals surface area contributed by atoms with Gasteiger partial charge in [0.2, 0.25) is 0 Å². The summed E-state index contributed by atoms with van der Waals surface area (Å²) >= 11 is 0. The van der Waals surface area contributed by atoms with E-state index in [1.165, 1.54) is 55.3 Å². The molecule has 2 nitrogen and oxygen atoms in total. The fraction of sp³-hybridized carbons (Fsp3) is 0.0308. The Kier molecular flexibility index (Phi) is 12.4. The number of hydrogen-bond donors (Lipinski definition) is 0. The Labute approximate surface area is 394 Å². The second-order valence-electron chi connectivity index (χ2n) is 16.7. The zero-order chi connectivity index (χ0) is 45.4. The van der Waals surface area contributed by atoms with Gasteiger partial charge >= 0.3 is 0 Å². The highest BCUT2D eigenvalue weighted by Gasteiger charge is 2.17. The van der Waals surface area contributed by atoms with Crippen LogP contribution in [0.15, 0.2) is 267 Å². The van der Waals surface area contributed by atoms with Gasteiger partial charge in [0.25, 0.3) is 0 Å². The number of aromatic nitrogens is 2. The fourth-order valence-electron chi connectivity index (χ4n) is 8.94. The highest BCUT2D eigenvalue weighted by Crippen LogP contribution is 2.39. The summed E-state index contributed by atoms with van der Waals surface area (Å²) in [5, 5.41) is 2.44. The zero-order valence-corrected chi connectivity index (χ0v) is 37.8. The minimum Gasteiger partial charge on any atom is -0.309 e. The third-order valence-electron chi connectivity index (χ3n) is 12.3. The molecular formula is C65H50N2. The van der Waals surface area contributed by atoms with Gasteiger partial charge in [-0.1, -0.05) is 206 Å². The van der Waals surface area contributed by atoms with Crippen LogP contribution in [-0.2, 0) is 0 Å². The predicted molar refractivity (Wildman–Crippen MR) is 286 cm³/mol. The molecule has 320 valence electrons. The second-order valence-corrected chi connectivity index (χ2v) is 16.7. The molecule has 0 saturated heterocycles. The largest absolute Gasteiger partial charge is 0.309 e. The van der Waals surface area contributed by atoms with Crippen LogP contribution in [0.3, 0.4) is 0 Å². The van der Waals surface area contributed by atoms with E-state index in [4.69, 9.17) is 4.98 Å². The number of benzene rings is 9. The average molecular weight is 859 g/mol. The SMILES string of the molecule is C/C=C\C=C/C.c1ccc(-c2cccc(-c3cccc(-c4cc(-c5ccccc5)nc(-c5cccc(-n6c7ccc(-c8ccccc8)cc7c7cc(-c8ccccc8)ccc76)c5)c4)c3)c2)cc1. The first-order valence-electron chi connectivity index (χ1n) is 23.0. The molecule has 0 bridgehead atoms. The number of nitrogens with zero attached hydrogens (tertiary/aromatic N) is 2. The van der Waals surface area contributed by atoms with Crippen LogP contribution in [-0.4, -0.2) is 9.55 Å². The first-order valence-corrected chi connectivity index (χ1v) is 23.0. The molecule has 11 rings (SSSR count). The van der Waals surface area contributed by atoms with Crippen LogP contribution < -0.4 is 0 Å². The molecule has 0 saturated carbocycles. The minimum atomic E-state index is 0.924. The molecule has 0 N–H and O–H groups in total. The zero-order valence-electron chi connectivity index (χ0n) is 37.8. The minimum absolute atomic E-state index is 0.924. The highest BCUT2D eigenvalue weighted by atomic mass is 15.0. The van der Waals surface area contributed by atoms with Gasteiger partial charge in [-0.2, -0.15) is 0 Å². The molecule has 0 aliphatic carbocycles. The Balaban J connectivity index is 0.000000823. The van der Waals surface area contributed by atoms with Crippen LogP contribution >= 0.6 is 0 Å². The molecule has 9 aromatic carbocycles. The number of pyridine rings is 1. The third kappa shape index (κ3) is 9.20. The topological polar surface area (TPSA) is 17.8 Å². The maximum atomic E-state index is 5.35. The Hall–Kier alpha value is -8.59. The standard InChI is InChI=1S/C59H40N2.C6H10/c1-5-16-41(17-6-1)45-24-13-25-46(34-45)47-26-14-27-48(35-47)52-39-56(44-22-11-4-12-23-44)60-57(40-52)51-28-15-29-53(36-51)61-58-32-30-49(42-18-7-2-8-19-42)37-54(58)55-38-50(31-33-59(55)61)43-20-9-3-10-21-43;1-3-5-6-4-2/h1-40H;3-6H,1-2H3/b;5-3-,6-4-. The summed E-state index contributed by atoms with van der Waals surface area (Å²) in [6.45, 7) is 4.00. The summed E-state index contributed by atoms with van der Waals surface area (Å²) in [6, 6.07) is 87.2. The maximum absolute atomic E-state index is 5.35. The normalized spacial score (nSPS) is 11.3. The van der Waals surface area contributed by atoms with Crippen LogP contribution in [0, 0.1) is 0 Å². The van der Waals surface area contributed by atoms with Crippen molar-refractivity contribution in [3.63, 3.8) is 0 Å². The van der Waals surface area contributed by atoms with E-state index in [-0.39, 0.29) is 0 Å².